The molecule has 19 heavy (non-hydrogen) atoms. The highest BCUT2D eigenvalue weighted by atomic mass is 19.1. The second-order valence-electron chi connectivity index (χ2n) is 3.96. The summed E-state index contributed by atoms with van der Waals surface area (Å²) in [5, 5.41) is 3.02. The molecule has 0 saturated carbocycles. The third-order valence-electron chi connectivity index (χ3n) is 2.55. The molecular weight excluding hydrogens is 247 g/mol. The lowest BCUT2D eigenvalue weighted by Crippen LogP contribution is -2.05. The van der Waals surface area contributed by atoms with Gasteiger partial charge in [0.25, 0.3) is 0 Å². The van der Waals surface area contributed by atoms with Crippen molar-refractivity contribution in [2.24, 2.45) is 0 Å². The number of nitrogens with zero attached hydrogens (tertiary/aromatic N) is 2. The van der Waals surface area contributed by atoms with Crippen LogP contribution in [0.15, 0.2) is 24.5 Å². The van der Waals surface area contributed by atoms with E-state index in [0.717, 1.165) is 0 Å². The van der Waals surface area contributed by atoms with Crippen molar-refractivity contribution in [1.29, 1.82) is 0 Å². The Morgan fingerprint density at radius 1 is 1.37 bits per heavy atom. The molecule has 5 nitrogen and oxygen atoms in total. The second-order valence-corrected chi connectivity index (χ2v) is 3.96. The van der Waals surface area contributed by atoms with Crippen LogP contribution in [-0.2, 0) is 0 Å². The Balaban J connectivity index is 2.27. The fourth-order valence-electron chi connectivity index (χ4n) is 1.59. The van der Waals surface area contributed by atoms with Gasteiger partial charge in [0.1, 0.15) is 17.8 Å². The number of ether oxygens (including phenoxy) is 1. The Morgan fingerprint density at radius 2 is 2.16 bits per heavy atom. The maximum atomic E-state index is 13.2. The standard InChI is InChI=1S/C13H15FN4O/c1-3-19-13-11(15)12(16-7-17-13)18-9-4-5-10(14)8(2)6-9/h4-7H,3,15H2,1-2H3,(H,16,17,18). The van der Waals surface area contributed by atoms with Gasteiger partial charge in [0.05, 0.1) is 6.61 Å². The molecule has 0 aliphatic carbocycles. The topological polar surface area (TPSA) is 73.1 Å². The number of hydrogen-bond acceptors (Lipinski definition) is 5. The van der Waals surface area contributed by atoms with Crippen molar-refractivity contribution in [1.82, 2.24) is 9.97 Å². The number of hydrogen-bond donors (Lipinski definition) is 2. The largest absolute Gasteiger partial charge is 0.476 e. The molecule has 1 aromatic carbocycles. The molecule has 0 spiro atoms. The van der Waals surface area contributed by atoms with E-state index < -0.39 is 0 Å². The SMILES string of the molecule is CCOc1ncnc(Nc2ccc(F)c(C)c2)c1N. The molecule has 0 atom stereocenters. The Morgan fingerprint density at radius 3 is 2.84 bits per heavy atom. The van der Waals surface area contributed by atoms with E-state index in [2.05, 4.69) is 15.3 Å². The second kappa shape index (κ2) is 5.51. The molecule has 2 aromatic rings. The van der Waals surface area contributed by atoms with Crippen LogP contribution < -0.4 is 15.8 Å². The minimum Gasteiger partial charge on any atom is -0.476 e. The summed E-state index contributed by atoms with van der Waals surface area (Å²) in [6.07, 6.45) is 1.36. The summed E-state index contributed by atoms with van der Waals surface area (Å²) in [6, 6.07) is 4.68. The average Bonchev–Trinajstić information content (AvgIpc) is 2.39. The van der Waals surface area contributed by atoms with Crippen molar-refractivity contribution in [3.63, 3.8) is 0 Å². The highest BCUT2D eigenvalue weighted by molar-refractivity contribution is 5.72. The summed E-state index contributed by atoms with van der Waals surface area (Å²) in [7, 11) is 0. The van der Waals surface area contributed by atoms with Crippen LogP contribution in [0.2, 0.25) is 0 Å². The summed E-state index contributed by atoms with van der Waals surface area (Å²) in [5.41, 5.74) is 7.47. The fourth-order valence-corrected chi connectivity index (χ4v) is 1.59. The minimum absolute atomic E-state index is 0.254. The Kier molecular flexibility index (Phi) is 3.79. The zero-order chi connectivity index (χ0) is 13.8. The number of rotatable bonds is 4. The summed E-state index contributed by atoms with van der Waals surface area (Å²) in [6.45, 7) is 4.00. The third kappa shape index (κ3) is 2.90. The summed E-state index contributed by atoms with van der Waals surface area (Å²) >= 11 is 0. The zero-order valence-corrected chi connectivity index (χ0v) is 10.8. The Hall–Kier alpha value is -2.37. The summed E-state index contributed by atoms with van der Waals surface area (Å²) in [4.78, 5) is 7.99. The number of benzene rings is 1. The maximum absolute atomic E-state index is 13.2. The van der Waals surface area contributed by atoms with E-state index in [-0.39, 0.29) is 5.82 Å². The van der Waals surface area contributed by atoms with Gasteiger partial charge < -0.3 is 15.8 Å². The normalized spacial score (nSPS) is 10.3. The monoisotopic (exact) mass is 262 g/mol. The highest BCUT2D eigenvalue weighted by Gasteiger charge is 2.09. The molecule has 0 aliphatic heterocycles. The van der Waals surface area contributed by atoms with Crippen LogP contribution in [0.5, 0.6) is 5.88 Å². The predicted molar refractivity (Wildman–Crippen MR) is 72.0 cm³/mol. The number of nitrogens with two attached hydrogens (primary N) is 1. The van der Waals surface area contributed by atoms with Crippen LogP contribution in [0.4, 0.5) is 21.6 Å². The van der Waals surface area contributed by atoms with Gasteiger partial charge in [-0.25, -0.2) is 9.37 Å². The van der Waals surface area contributed by atoms with Gasteiger partial charge >= 0.3 is 0 Å². The first-order valence-corrected chi connectivity index (χ1v) is 5.88. The molecule has 0 radical (unpaired) electrons. The van der Waals surface area contributed by atoms with Crippen molar-refractivity contribution in [2.45, 2.75) is 13.8 Å². The van der Waals surface area contributed by atoms with Crippen LogP contribution in [0.3, 0.4) is 0 Å². The molecule has 1 aromatic heterocycles. The number of aryl methyl sites for hydroxylation is 1. The Bertz CT molecular complexity index is 589. The zero-order valence-electron chi connectivity index (χ0n) is 10.8. The molecule has 0 saturated heterocycles. The number of halogens is 1. The van der Waals surface area contributed by atoms with Crippen LogP contribution in [0, 0.1) is 12.7 Å². The first-order valence-electron chi connectivity index (χ1n) is 5.88. The van der Waals surface area contributed by atoms with E-state index in [1.165, 1.54) is 12.4 Å². The van der Waals surface area contributed by atoms with Gasteiger partial charge in [0.15, 0.2) is 5.82 Å². The lowest BCUT2D eigenvalue weighted by atomic mass is 10.2. The molecule has 3 N–H and O–H groups in total. The molecular formula is C13H15FN4O. The van der Waals surface area contributed by atoms with E-state index >= 15 is 0 Å². The average molecular weight is 262 g/mol. The molecule has 100 valence electrons. The van der Waals surface area contributed by atoms with Crippen molar-refractivity contribution in [3.05, 3.63) is 35.9 Å². The van der Waals surface area contributed by atoms with Crippen LogP contribution in [0.25, 0.3) is 0 Å². The van der Waals surface area contributed by atoms with E-state index in [9.17, 15) is 4.39 Å². The van der Waals surface area contributed by atoms with E-state index in [1.807, 2.05) is 6.92 Å². The van der Waals surface area contributed by atoms with E-state index in [1.54, 1.807) is 19.1 Å². The first kappa shape index (κ1) is 13.1. The third-order valence-corrected chi connectivity index (χ3v) is 2.55. The van der Waals surface area contributed by atoms with Gasteiger partial charge in [-0.1, -0.05) is 0 Å². The van der Waals surface area contributed by atoms with Gasteiger partial charge in [-0.3, -0.25) is 0 Å². The smallest absolute Gasteiger partial charge is 0.242 e. The molecule has 0 amide bonds. The summed E-state index contributed by atoms with van der Waals surface area (Å²) < 4.78 is 18.5. The predicted octanol–water partition coefficient (Wildman–Crippen LogP) is 2.65. The van der Waals surface area contributed by atoms with Crippen molar-refractivity contribution < 1.29 is 9.13 Å². The van der Waals surface area contributed by atoms with Gasteiger partial charge in [0, 0.05) is 5.69 Å². The number of nitrogens with one attached hydrogen (secondary N) is 1. The van der Waals surface area contributed by atoms with Gasteiger partial charge in [-0.15, -0.1) is 0 Å². The summed E-state index contributed by atoms with van der Waals surface area (Å²) in [5.74, 6) is 0.513. The van der Waals surface area contributed by atoms with Crippen molar-refractivity contribution in [2.75, 3.05) is 17.7 Å². The highest BCUT2D eigenvalue weighted by Crippen LogP contribution is 2.27. The first-order chi connectivity index (χ1) is 9.11. The Labute approximate surface area is 110 Å². The molecule has 0 aliphatic rings. The van der Waals surface area contributed by atoms with Crippen molar-refractivity contribution >= 4 is 17.2 Å². The molecule has 0 bridgehead atoms. The van der Waals surface area contributed by atoms with Crippen molar-refractivity contribution in [3.8, 4) is 5.88 Å². The maximum Gasteiger partial charge on any atom is 0.242 e. The van der Waals surface area contributed by atoms with Gasteiger partial charge in [0.2, 0.25) is 5.88 Å². The molecule has 1 heterocycles. The molecule has 0 fully saturated rings. The number of anilines is 3. The van der Waals surface area contributed by atoms with Gasteiger partial charge in [-0.05, 0) is 37.6 Å². The van der Waals surface area contributed by atoms with Crippen LogP contribution in [0.1, 0.15) is 12.5 Å². The fraction of sp³-hybridized carbons (Fsp3) is 0.231. The quantitative estimate of drug-likeness (QED) is 0.886. The molecule has 6 heteroatoms. The van der Waals surface area contributed by atoms with Gasteiger partial charge in [-0.2, -0.15) is 4.98 Å². The van der Waals surface area contributed by atoms with Crippen LogP contribution in [-0.4, -0.2) is 16.6 Å². The molecule has 2 rings (SSSR count). The number of nitrogen functional groups attached to an aromatic ring is 1. The van der Waals surface area contributed by atoms with Crippen LogP contribution >= 0.6 is 0 Å². The van der Waals surface area contributed by atoms with E-state index in [0.29, 0.717) is 35.2 Å². The lowest BCUT2D eigenvalue weighted by molar-refractivity contribution is 0.328. The molecule has 0 unspecified atom stereocenters. The van der Waals surface area contributed by atoms with E-state index in [4.69, 9.17) is 10.5 Å². The number of aromatic nitrogens is 2. The minimum atomic E-state index is -0.254. The lowest BCUT2D eigenvalue weighted by Gasteiger charge is -2.11.